The maximum Gasteiger partial charge on any atom is 0.114 e. The molecule has 1 aliphatic rings. The van der Waals surface area contributed by atoms with E-state index in [4.69, 9.17) is 5.84 Å². The van der Waals surface area contributed by atoms with Gasteiger partial charge in [-0.25, -0.2) is 5.84 Å². The van der Waals surface area contributed by atoms with E-state index in [1.165, 1.54) is 25.7 Å². The lowest BCUT2D eigenvalue weighted by molar-refractivity contribution is 0.339. The van der Waals surface area contributed by atoms with Crippen molar-refractivity contribution < 1.29 is 0 Å². The highest BCUT2D eigenvalue weighted by molar-refractivity contribution is 5.84. The number of hydrogen-bond acceptors (Lipinski definition) is 2. The minimum atomic E-state index is 0.334. The number of aliphatic imine (C=N–C) groups is 1. The van der Waals surface area contributed by atoms with Crippen molar-refractivity contribution in [2.75, 3.05) is 0 Å². The molecule has 0 aliphatic heterocycles. The molecule has 82 valence electrons. The molecule has 0 saturated heterocycles. The van der Waals surface area contributed by atoms with E-state index >= 15 is 0 Å². The standard InChI is InChI=1S/C11H23N3/c1-8(2)13-11(14-12)10-6-4-9(3)5-7-10/h8-10H,4-7,12H2,1-3H3,(H,13,14). The summed E-state index contributed by atoms with van der Waals surface area (Å²) in [5.41, 5.74) is 2.77. The van der Waals surface area contributed by atoms with E-state index < -0.39 is 0 Å². The summed E-state index contributed by atoms with van der Waals surface area (Å²) in [6.07, 6.45) is 5.08. The molecule has 0 radical (unpaired) electrons. The highest BCUT2D eigenvalue weighted by Crippen LogP contribution is 2.28. The summed E-state index contributed by atoms with van der Waals surface area (Å²) in [6, 6.07) is 0.334. The van der Waals surface area contributed by atoms with Crippen molar-refractivity contribution >= 4 is 5.84 Å². The Morgan fingerprint density at radius 1 is 1.29 bits per heavy atom. The van der Waals surface area contributed by atoms with Crippen LogP contribution < -0.4 is 11.3 Å². The predicted molar refractivity (Wildman–Crippen MR) is 61.0 cm³/mol. The van der Waals surface area contributed by atoms with Crippen LogP contribution in [0, 0.1) is 11.8 Å². The molecule has 3 N–H and O–H groups in total. The zero-order valence-electron chi connectivity index (χ0n) is 9.59. The smallest absolute Gasteiger partial charge is 0.114 e. The van der Waals surface area contributed by atoms with Crippen molar-refractivity contribution in [2.45, 2.75) is 52.5 Å². The second-order valence-corrected chi connectivity index (χ2v) is 4.71. The van der Waals surface area contributed by atoms with Crippen LogP contribution in [0.3, 0.4) is 0 Å². The lowest BCUT2D eigenvalue weighted by atomic mass is 9.82. The molecule has 0 bridgehead atoms. The van der Waals surface area contributed by atoms with Gasteiger partial charge < -0.3 is 5.43 Å². The minimum Gasteiger partial charge on any atom is -0.312 e. The Morgan fingerprint density at radius 3 is 2.29 bits per heavy atom. The maximum atomic E-state index is 5.51. The van der Waals surface area contributed by atoms with Gasteiger partial charge in [-0.1, -0.05) is 19.8 Å². The van der Waals surface area contributed by atoms with Crippen LogP contribution in [0.15, 0.2) is 4.99 Å². The van der Waals surface area contributed by atoms with Crippen LogP contribution in [0.1, 0.15) is 46.5 Å². The topological polar surface area (TPSA) is 50.4 Å². The summed E-state index contributed by atoms with van der Waals surface area (Å²) in [5.74, 6) is 7.96. The average molecular weight is 197 g/mol. The van der Waals surface area contributed by atoms with E-state index in [0.717, 1.165) is 11.8 Å². The molecule has 0 aromatic heterocycles. The molecule has 1 fully saturated rings. The van der Waals surface area contributed by atoms with Gasteiger partial charge in [-0.3, -0.25) is 4.99 Å². The summed E-state index contributed by atoms with van der Waals surface area (Å²) in [7, 11) is 0. The van der Waals surface area contributed by atoms with Crippen molar-refractivity contribution in [3.05, 3.63) is 0 Å². The SMILES string of the molecule is CC1CCC(C(=NC(C)C)NN)CC1. The summed E-state index contributed by atoms with van der Waals surface area (Å²) in [4.78, 5) is 4.52. The molecule has 0 aromatic carbocycles. The Labute approximate surface area is 87.1 Å². The molecule has 0 amide bonds. The molecule has 1 aliphatic carbocycles. The fourth-order valence-corrected chi connectivity index (χ4v) is 2.07. The number of nitrogens with one attached hydrogen (secondary N) is 1. The number of hydrogen-bond donors (Lipinski definition) is 2. The van der Waals surface area contributed by atoms with E-state index in [0.29, 0.717) is 12.0 Å². The molecule has 0 heterocycles. The van der Waals surface area contributed by atoms with E-state index in [-0.39, 0.29) is 0 Å². The molecule has 14 heavy (non-hydrogen) atoms. The quantitative estimate of drug-likeness (QED) is 0.308. The molecule has 1 saturated carbocycles. The van der Waals surface area contributed by atoms with Crippen molar-refractivity contribution in [3.8, 4) is 0 Å². The minimum absolute atomic E-state index is 0.334. The van der Waals surface area contributed by atoms with Crippen molar-refractivity contribution in [1.29, 1.82) is 0 Å². The first-order valence-electron chi connectivity index (χ1n) is 5.67. The zero-order valence-corrected chi connectivity index (χ0v) is 9.59. The first-order chi connectivity index (χ1) is 6.63. The van der Waals surface area contributed by atoms with Crippen LogP contribution in [-0.4, -0.2) is 11.9 Å². The lowest BCUT2D eigenvalue weighted by Crippen LogP contribution is -2.38. The molecule has 0 unspecified atom stereocenters. The fourth-order valence-electron chi connectivity index (χ4n) is 2.07. The Balaban J connectivity index is 2.53. The zero-order chi connectivity index (χ0) is 10.6. The van der Waals surface area contributed by atoms with Crippen LogP contribution in [0.5, 0.6) is 0 Å². The second kappa shape index (κ2) is 5.35. The summed E-state index contributed by atoms with van der Waals surface area (Å²) in [6.45, 7) is 6.50. The third-order valence-electron chi connectivity index (χ3n) is 2.95. The number of amidine groups is 1. The van der Waals surface area contributed by atoms with Gasteiger partial charge in [0.05, 0.1) is 0 Å². The fraction of sp³-hybridized carbons (Fsp3) is 0.909. The molecular weight excluding hydrogens is 174 g/mol. The highest BCUT2D eigenvalue weighted by atomic mass is 15.3. The molecule has 0 atom stereocenters. The third kappa shape index (κ3) is 3.29. The summed E-state index contributed by atoms with van der Waals surface area (Å²) in [5, 5.41) is 0. The van der Waals surface area contributed by atoms with E-state index in [9.17, 15) is 0 Å². The number of nitrogens with zero attached hydrogens (tertiary/aromatic N) is 1. The molecule has 0 aromatic rings. The second-order valence-electron chi connectivity index (χ2n) is 4.71. The van der Waals surface area contributed by atoms with E-state index in [1.807, 2.05) is 0 Å². The monoisotopic (exact) mass is 197 g/mol. The van der Waals surface area contributed by atoms with Gasteiger partial charge in [0.1, 0.15) is 5.84 Å². The van der Waals surface area contributed by atoms with Crippen molar-refractivity contribution in [1.82, 2.24) is 5.43 Å². The molecule has 3 heteroatoms. The summed E-state index contributed by atoms with van der Waals surface area (Å²) < 4.78 is 0. The summed E-state index contributed by atoms with van der Waals surface area (Å²) >= 11 is 0. The van der Waals surface area contributed by atoms with Crippen LogP contribution >= 0.6 is 0 Å². The molecule has 3 nitrogen and oxygen atoms in total. The number of nitrogens with two attached hydrogens (primary N) is 1. The van der Waals surface area contributed by atoms with Gasteiger partial charge in [-0.15, -0.1) is 0 Å². The van der Waals surface area contributed by atoms with Gasteiger partial charge in [0.2, 0.25) is 0 Å². The first kappa shape index (κ1) is 11.5. The Hall–Kier alpha value is -0.570. The van der Waals surface area contributed by atoms with Crippen LogP contribution in [0.4, 0.5) is 0 Å². The van der Waals surface area contributed by atoms with Gasteiger partial charge in [-0.05, 0) is 32.6 Å². The van der Waals surface area contributed by atoms with Gasteiger partial charge in [0, 0.05) is 12.0 Å². The van der Waals surface area contributed by atoms with E-state index in [1.54, 1.807) is 0 Å². The first-order valence-corrected chi connectivity index (χ1v) is 5.67. The molecule has 0 spiro atoms. The largest absolute Gasteiger partial charge is 0.312 e. The molecule has 1 rings (SSSR count). The number of hydrazine groups is 1. The van der Waals surface area contributed by atoms with Gasteiger partial charge in [0.15, 0.2) is 0 Å². The van der Waals surface area contributed by atoms with Crippen LogP contribution in [0.2, 0.25) is 0 Å². The van der Waals surface area contributed by atoms with Gasteiger partial charge in [0.25, 0.3) is 0 Å². The Bertz CT molecular complexity index is 191. The average Bonchev–Trinajstić information content (AvgIpc) is 2.15. The van der Waals surface area contributed by atoms with Crippen LogP contribution in [-0.2, 0) is 0 Å². The number of rotatable bonds is 2. The maximum absolute atomic E-state index is 5.51. The van der Waals surface area contributed by atoms with Gasteiger partial charge in [-0.2, -0.15) is 0 Å². The molecular formula is C11H23N3. The van der Waals surface area contributed by atoms with Crippen molar-refractivity contribution in [2.24, 2.45) is 22.7 Å². The van der Waals surface area contributed by atoms with Crippen LogP contribution in [0.25, 0.3) is 0 Å². The normalized spacial score (nSPS) is 29.4. The van der Waals surface area contributed by atoms with E-state index in [2.05, 4.69) is 31.2 Å². The Morgan fingerprint density at radius 2 is 1.86 bits per heavy atom. The van der Waals surface area contributed by atoms with Crippen molar-refractivity contribution in [3.63, 3.8) is 0 Å². The third-order valence-corrected chi connectivity index (χ3v) is 2.95. The lowest BCUT2D eigenvalue weighted by Gasteiger charge is -2.27. The predicted octanol–water partition coefficient (Wildman–Crippen LogP) is 2.08. The van der Waals surface area contributed by atoms with Gasteiger partial charge >= 0.3 is 0 Å². The Kier molecular flexibility index (Phi) is 4.39. The highest BCUT2D eigenvalue weighted by Gasteiger charge is 2.22.